The third kappa shape index (κ3) is 2.67. The number of likely N-dealkylation sites (tertiary alicyclic amines) is 1. The number of carboxylic acids is 1. The summed E-state index contributed by atoms with van der Waals surface area (Å²) >= 11 is 0. The van der Waals surface area contributed by atoms with Gasteiger partial charge >= 0.3 is 5.97 Å². The molecule has 5 nitrogen and oxygen atoms in total. The fourth-order valence-corrected chi connectivity index (χ4v) is 3.46. The highest BCUT2D eigenvalue weighted by Crippen LogP contribution is 2.22. The highest BCUT2D eigenvalue weighted by Gasteiger charge is 2.30. The van der Waals surface area contributed by atoms with E-state index in [1.54, 1.807) is 0 Å². The number of imidazole rings is 1. The van der Waals surface area contributed by atoms with Crippen LogP contribution >= 0.6 is 0 Å². The van der Waals surface area contributed by atoms with E-state index in [1.165, 1.54) is 0 Å². The summed E-state index contributed by atoms with van der Waals surface area (Å²) in [6, 6.07) is 16.0. The van der Waals surface area contributed by atoms with E-state index < -0.39 is 5.97 Å². The lowest BCUT2D eigenvalue weighted by molar-refractivity contribution is -0.142. The van der Waals surface area contributed by atoms with Crippen LogP contribution in [-0.2, 0) is 11.3 Å². The van der Waals surface area contributed by atoms with Crippen LogP contribution < -0.4 is 0 Å². The van der Waals surface area contributed by atoms with Gasteiger partial charge in [0.25, 0.3) is 0 Å². The van der Waals surface area contributed by atoms with Crippen molar-refractivity contribution in [2.24, 2.45) is 0 Å². The molecule has 0 saturated carbocycles. The number of hydrogen-bond acceptors (Lipinski definition) is 3. The highest BCUT2D eigenvalue weighted by atomic mass is 16.4. The molecule has 5 heteroatoms. The van der Waals surface area contributed by atoms with Crippen molar-refractivity contribution in [3.8, 4) is 5.69 Å². The first kappa shape index (κ1) is 14.9. The van der Waals surface area contributed by atoms with E-state index in [4.69, 9.17) is 0 Å². The van der Waals surface area contributed by atoms with Crippen LogP contribution in [0.25, 0.3) is 16.7 Å². The second kappa shape index (κ2) is 6.09. The van der Waals surface area contributed by atoms with Crippen LogP contribution in [0.2, 0.25) is 0 Å². The van der Waals surface area contributed by atoms with Crippen LogP contribution in [0.1, 0.15) is 18.4 Å². The van der Waals surface area contributed by atoms with Gasteiger partial charge in [-0.05, 0) is 49.2 Å². The molecule has 0 spiro atoms. The molecular weight excluding hydrogens is 302 g/mol. The molecule has 1 aliphatic heterocycles. The highest BCUT2D eigenvalue weighted by molar-refractivity contribution is 5.77. The lowest BCUT2D eigenvalue weighted by atomic mass is 10.1. The Morgan fingerprint density at radius 3 is 2.75 bits per heavy atom. The second-order valence-corrected chi connectivity index (χ2v) is 6.24. The monoisotopic (exact) mass is 321 g/mol. The molecule has 1 atom stereocenters. The molecule has 2 heterocycles. The van der Waals surface area contributed by atoms with Crippen LogP contribution in [0.3, 0.4) is 0 Å². The summed E-state index contributed by atoms with van der Waals surface area (Å²) in [6.07, 6.45) is 3.53. The maximum Gasteiger partial charge on any atom is 0.320 e. The minimum atomic E-state index is -0.714. The smallest absolute Gasteiger partial charge is 0.320 e. The first-order valence-corrected chi connectivity index (χ1v) is 8.20. The first-order valence-electron chi connectivity index (χ1n) is 8.20. The molecule has 0 bridgehead atoms. The Hall–Kier alpha value is -2.66. The number of carbonyl (C=O) groups is 1. The summed E-state index contributed by atoms with van der Waals surface area (Å²) in [7, 11) is 0. The maximum atomic E-state index is 11.3. The van der Waals surface area contributed by atoms with Gasteiger partial charge in [-0.15, -0.1) is 0 Å². The standard InChI is InChI=1S/C19H19N3O2/c23-19(24)18-6-3-11-21(18)12-14-7-9-15(10-8-14)22-13-20-16-4-1-2-5-17(16)22/h1-2,4-5,7-10,13,18H,3,6,11-12H2,(H,23,24)/t18-/m1/s1. The van der Waals surface area contributed by atoms with E-state index in [1.807, 2.05) is 29.4 Å². The number of nitrogens with zero attached hydrogens (tertiary/aromatic N) is 3. The summed E-state index contributed by atoms with van der Waals surface area (Å²) in [5.41, 5.74) is 4.25. The van der Waals surface area contributed by atoms with Gasteiger partial charge in [0.15, 0.2) is 0 Å². The van der Waals surface area contributed by atoms with E-state index >= 15 is 0 Å². The van der Waals surface area contributed by atoms with Gasteiger partial charge in [0.1, 0.15) is 12.4 Å². The molecule has 0 amide bonds. The van der Waals surface area contributed by atoms with E-state index in [0.29, 0.717) is 6.54 Å². The van der Waals surface area contributed by atoms with Gasteiger partial charge in [-0.3, -0.25) is 14.3 Å². The molecule has 0 radical (unpaired) electrons. The van der Waals surface area contributed by atoms with Crippen molar-refractivity contribution in [2.75, 3.05) is 6.54 Å². The summed E-state index contributed by atoms with van der Waals surface area (Å²) in [5, 5.41) is 9.28. The summed E-state index contributed by atoms with van der Waals surface area (Å²) in [6.45, 7) is 1.53. The average Bonchev–Trinajstić information content (AvgIpc) is 3.22. The average molecular weight is 321 g/mol. The zero-order chi connectivity index (χ0) is 16.5. The molecular formula is C19H19N3O2. The molecule has 1 N–H and O–H groups in total. The van der Waals surface area contributed by atoms with Crippen LogP contribution in [0.15, 0.2) is 54.9 Å². The lowest BCUT2D eigenvalue weighted by Gasteiger charge is -2.21. The van der Waals surface area contributed by atoms with Crippen LogP contribution in [-0.4, -0.2) is 38.1 Å². The van der Waals surface area contributed by atoms with Gasteiger partial charge in [0.2, 0.25) is 0 Å². The topological polar surface area (TPSA) is 58.4 Å². The van der Waals surface area contributed by atoms with Crippen LogP contribution in [0.5, 0.6) is 0 Å². The van der Waals surface area contributed by atoms with Crippen molar-refractivity contribution in [1.29, 1.82) is 0 Å². The van der Waals surface area contributed by atoms with Crippen LogP contribution in [0.4, 0.5) is 0 Å². The second-order valence-electron chi connectivity index (χ2n) is 6.24. The van der Waals surface area contributed by atoms with Crippen molar-refractivity contribution in [1.82, 2.24) is 14.5 Å². The Morgan fingerprint density at radius 1 is 1.17 bits per heavy atom. The Labute approximate surface area is 140 Å². The predicted octanol–water partition coefficient (Wildman–Crippen LogP) is 3.07. The van der Waals surface area contributed by atoms with Gasteiger partial charge < -0.3 is 5.11 Å². The van der Waals surface area contributed by atoms with E-state index in [-0.39, 0.29) is 6.04 Å². The molecule has 1 aromatic heterocycles. The summed E-state index contributed by atoms with van der Waals surface area (Å²) in [4.78, 5) is 17.7. The third-order valence-electron chi connectivity index (χ3n) is 4.70. The molecule has 24 heavy (non-hydrogen) atoms. The fraction of sp³-hybridized carbons (Fsp3) is 0.263. The Bertz CT molecular complexity index is 870. The van der Waals surface area contributed by atoms with E-state index in [2.05, 4.69) is 39.9 Å². The normalized spacial score (nSPS) is 18.2. The van der Waals surface area contributed by atoms with E-state index in [9.17, 15) is 9.90 Å². The molecule has 4 rings (SSSR count). The number of aliphatic carboxylic acids is 1. The third-order valence-corrected chi connectivity index (χ3v) is 4.70. The van der Waals surface area contributed by atoms with Crippen molar-refractivity contribution in [3.63, 3.8) is 0 Å². The molecule has 2 aromatic carbocycles. The maximum absolute atomic E-state index is 11.3. The Kier molecular flexibility index (Phi) is 3.78. The number of carboxylic acid groups (broad SMARTS) is 1. The number of fused-ring (bicyclic) bond motifs is 1. The van der Waals surface area contributed by atoms with Gasteiger partial charge in [0, 0.05) is 12.2 Å². The number of benzene rings is 2. The Balaban J connectivity index is 1.56. The largest absolute Gasteiger partial charge is 0.480 e. The van der Waals surface area contributed by atoms with Crippen molar-refractivity contribution < 1.29 is 9.90 Å². The zero-order valence-corrected chi connectivity index (χ0v) is 13.3. The lowest BCUT2D eigenvalue weighted by Crippen LogP contribution is -2.35. The van der Waals surface area contributed by atoms with Gasteiger partial charge in [-0.25, -0.2) is 4.98 Å². The summed E-state index contributed by atoms with van der Waals surface area (Å²) < 4.78 is 2.06. The molecule has 122 valence electrons. The Morgan fingerprint density at radius 2 is 1.96 bits per heavy atom. The van der Waals surface area contributed by atoms with Crippen molar-refractivity contribution in [3.05, 3.63) is 60.4 Å². The minimum Gasteiger partial charge on any atom is -0.480 e. The van der Waals surface area contributed by atoms with Crippen molar-refractivity contribution >= 4 is 17.0 Å². The van der Waals surface area contributed by atoms with Crippen molar-refractivity contribution in [2.45, 2.75) is 25.4 Å². The zero-order valence-electron chi connectivity index (χ0n) is 13.3. The fourth-order valence-electron chi connectivity index (χ4n) is 3.46. The molecule has 0 aliphatic carbocycles. The predicted molar refractivity (Wildman–Crippen MR) is 92.1 cm³/mol. The van der Waals surface area contributed by atoms with E-state index in [0.717, 1.165) is 41.7 Å². The number of aromatic nitrogens is 2. The van der Waals surface area contributed by atoms with Gasteiger partial charge in [0.05, 0.1) is 11.0 Å². The van der Waals surface area contributed by atoms with Gasteiger partial charge in [-0.1, -0.05) is 24.3 Å². The molecule has 1 aliphatic rings. The summed E-state index contributed by atoms with van der Waals surface area (Å²) in [5.74, 6) is -0.714. The van der Waals surface area contributed by atoms with Gasteiger partial charge in [-0.2, -0.15) is 0 Å². The first-order chi connectivity index (χ1) is 11.7. The number of para-hydroxylation sites is 2. The number of rotatable bonds is 4. The number of hydrogen-bond donors (Lipinski definition) is 1. The molecule has 1 fully saturated rings. The molecule has 3 aromatic rings. The SMILES string of the molecule is O=C(O)[C@H]1CCCN1Cc1ccc(-n2cnc3ccccc32)cc1. The molecule has 0 unspecified atom stereocenters. The minimum absolute atomic E-state index is 0.345. The van der Waals surface area contributed by atoms with Crippen LogP contribution in [0, 0.1) is 0 Å². The quantitative estimate of drug-likeness (QED) is 0.802. The molecule has 1 saturated heterocycles.